The summed E-state index contributed by atoms with van der Waals surface area (Å²) < 4.78 is 5.58. The van der Waals surface area contributed by atoms with E-state index in [0.717, 1.165) is 24.6 Å². The Bertz CT molecular complexity index is 780. The summed E-state index contributed by atoms with van der Waals surface area (Å²) in [4.78, 5) is 44.9. The van der Waals surface area contributed by atoms with E-state index in [9.17, 15) is 34.9 Å². The van der Waals surface area contributed by atoms with Gasteiger partial charge in [0.15, 0.2) is 4.90 Å². The summed E-state index contributed by atoms with van der Waals surface area (Å²) in [6, 6.07) is 3.31. The predicted octanol–water partition coefficient (Wildman–Crippen LogP) is 4.83. The lowest BCUT2D eigenvalue weighted by Gasteiger charge is -2.23. The van der Waals surface area contributed by atoms with E-state index in [1.807, 2.05) is 27.7 Å². The first kappa shape index (κ1) is 26.3. The van der Waals surface area contributed by atoms with Gasteiger partial charge in [0.1, 0.15) is 11.4 Å². The second-order valence-electron chi connectivity index (χ2n) is 8.00. The lowest BCUT2D eigenvalue weighted by molar-refractivity contribution is -0.399. The minimum Gasteiger partial charge on any atom is -0.481 e. The highest BCUT2D eigenvalue weighted by Gasteiger charge is 2.34. The number of carboxylic acid groups (broad SMARTS) is 1. The van der Waals surface area contributed by atoms with E-state index in [1.165, 1.54) is 0 Å². The van der Waals surface area contributed by atoms with Crippen LogP contribution in [0.25, 0.3) is 0 Å². The zero-order chi connectivity index (χ0) is 23.7. The molecular formula is C20H28N2O8S. The third-order valence-electron chi connectivity index (χ3n) is 4.33. The van der Waals surface area contributed by atoms with E-state index < -0.39 is 50.9 Å². The Balaban J connectivity index is 3.21. The lowest BCUT2D eigenvalue weighted by Crippen LogP contribution is -2.29. The van der Waals surface area contributed by atoms with Crippen molar-refractivity contribution in [2.45, 2.75) is 69.6 Å². The number of nitrogens with zero attached hydrogens (tertiary/aromatic N) is 2. The van der Waals surface area contributed by atoms with Gasteiger partial charge in [-0.1, -0.05) is 39.5 Å². The number of nitro groups is 2. The number of esters is 1. The molecule has 10 nitrogen and oxygen atoms in total. The first-order valence-electron chi connectivity index (χ1n) is 9.93. The lowest BCUT2D eigenvalue weighted by atomic mass is 9.98. The van der Waals surface area contributed by atoms with E-state index in [0.29, 0.717) is 30.5 Å². The van der Waals surface area contributed by atoms with Crippen LogP contribution in [-0.2, 0) is 14.3 Å². The average molecular weight is 457 g/mol. The van der Waals surface area contributed by atoms with Crippen molar-refractivity contribution in [2.24, 2.45) is 11.8 Å². The van der Waals surface area contributed by atoms with Crippen molar-refractivity contribution in [2.75, 3.05) is 0 Å². The van der Waals surface area contributed by atoms with Gasteiger partial charge in [-0.3, -0.25) is 29.8 Å². The number of rotatable bonds is 13. The number of carboxylic acids is 1. The monoisotopic (exact) mass is 456 g/mol. The van der Waals surface area contributed by atoms with E-state index in [2.05, 4.69) is 0 Å². The first-order chi connectivity index (χ1) is 14.4. The van der Waals surface area contributed by atoms with Crippen LogP contribution in [0.2, 0.25) is 0 Å². The van der Waals surface area contributed by atoms with E-state index in [-0.39, 0.29) is 10.8 Å². The molecule has 0 bridgehead atoms. The smallest absolute Gasteiger partial charge is 0.320 e. The Hall–Kier alpha value is -2.69. The standard InChI is InChI=1S/C20H28N2O8S/c1-12(2)8-9-14(10-13(3)4)30-20(25)17(11-18(23)24)31-19-15(21(26)27)6-5-7-16(19)22(28)29/h5-7,12-14,17H,8-11H2,1-4H3,(H,23,24). The van der Waals surface area contributed by atoms with Crippen molar-refractivity contribution < 1.29 is 29.3 Å². The summed E-state index contributed by atoms with van der Waals surface area (Å²) in [7, 11) is 0. The van der Waals surface area contributed by atoms with Crippen LogP contribution in [0.15, 0.2) is 23.1 Å². The Morgan fingerprint density at radius 1 is 1.03 bits per heavy atom. The van der Waals surface area contributed by atoms with Crippen LogP contribution in [0.3, 0.4) is 0 Å². The topological polar surface area (TPSA) is 150 Å². The fourth-order valence-electron chi connectivity index (χ4n) is 2.91. The Kier molecular flexibility index (Phi) is 10.4. The summed E-state index contributed by atoms with van der Waals surface area (Å²) in [6.07, 6.45) is 0.849. The molecule has 0 spiro atoms. The Labute approximate surface area is 184 Å². The van der Waals surface area contributed by atoms with Crippen molar-refractivity contribution >= 4 is 35.1 Å². The normalized spacial score (nSPS) is 13.1. The number of aliphatic carboxylic acids is 1. The molecule has 0 saturated carbocycles. The number of carbonyl (C=O) groups is 2. The molecule has 0 fully saturated rings. The molecule has 2 atom stereocenters. The number of benzene rings is 1. The highest BCUT2D eigenvalue weighted by Crippen LogP contribution is 2.40. The average Bonchev–Trinajstić information content (AvgIpc) is 2.64. The summed E-state index contributed by atoms with van der Waals surface area (Å²) in [6.45, 7) is 8.00. The van der Waals surface area contributed by atoms with E-state index in [4.69, 9.17) is 4.74 Å². The molecule has 1 aromatic carbocycles. The van der Waals surface area contributed by atoms with Gasteiger partial charge in [0.05, 0.1) is 16.3 Å². The maximum atomic E-state index is 12.8. The van der Waals surface area contributed by atoms with Gasteiger partial charge < -0.3 is 9.84 Å². The number of hydrogen-bond donors (Lipinski definition) is 1. The van der Waals surface area contributed by atoms with Gasteiger partial charge in [0, 0.05) is 12.1 Å². The molecule has 0 heterocycles. The van der Waals surface area contributed by atoms with Gasteiger partial charge >= 0.3 is 11.9 Å². The van der Waals surface area contributed by atoms with Gasteiger partial charge in [0.25, 0.3) is 11.4 Å². The molecule has 31 heavy (non-hydrogen) atoms. The molecule has 1 N–H and O–H groups in total. The van der Waals surface area contributed by atoms with Crippen LogP contribution in [0, 0.1) is 32.1 Å². The molecule has 0 amide bonds. The van der Waals surface area contributed by atoms with Crippen molar-refractivity contribution in [1.29, 1.82) is 0 Å². The molecule has 172 valence electrons. The van der Waals surface area contributed by atoms with Gasteiger partial charge in [-0.2, -0.15) is 0 Å². The van der Waals surface area contributed by atoms with Gasteiger partial charge in [0.2, 0.25) is 0 Å². The third-order valence-corrected chi connectivity index (χ3v) is 5.63. The fourth-order valence-corrected chi connectivity index (χ4v) is 4.09. The van der Waals surface area contributed by atoms with Crippen LogP contribution in [0.5, 0.6) is 0 Å². The highest BCUT2D eigenvalue weighted by molar-refractivity contribution is 8.01. The molecular weight excluding hydrogens is 428 g/mol. The maximum Gasteiger partial charge on any atom is 0.320 e. The van der Waals surface area contributed by atoms with Gasteiger partial charge in [-0.05, 0) is 37.2 Å². The van der Waals surface area contributed by atoms with Gasteiger partial charge in [-0.25, -0.2) is 0 Å². The van der Waals surface area contributed by atoms with Crippen LogP contribution in [0.1, 0.15) is 53.4 Å². The summed E-state index contributed by atoms with van der Waals surface area (Å²) in [5.74, 6) is -1.56. The SMILES string of the molecule is CC(C)CCC(CC(C)C)OC(=O)C(CC(=O)O)Sc1c([N+](=O)[O-])cccc1[N+](=O)[O-]. The number of ether oxygens (including phenoxy) is 1. The Morgan fingerprint density at radius 3 is 2.00 bits per heavy atom. The van der Waals surface area contributed by atoms with Crippen LogP contribution < -0.4 is 0 Å². The molecule has 0 aliphatic rings. The second-order valence-corrected chi connectivity index (χ2v) is 9.22. The summed E-state index contributed by atoms with van der Waals surface area (Å²) >= 11 is 0.482. The largest absolute Gasteiger partial charge is 0.481 e. The van der Waals surface area contributed by atoms with Crippen molar-refractivity contribution in [3.63, 3.8) is 0 Å². The molecule has 1 rings (SSSR count). The zero-order valence-electron chi connectivity index (χ0n) is 18.0. The maximum absolute atomic E-state index is 12.8. The van der Waals surface area contributed by atoms with Crippen LogP contribution in [-0.4, -0.2) is 38.2 Å². The highest BCUT2D eigenvalue weighted by atomic mass is 32.2. The molecule has 11 heteroatoms. The number of thioether (sulfide) groups is 1. The molecule has 1 aromatic rings. The summed E-state index contributed by atoms with van der Waals surface area (Å²) in [5, 5.41) is 30.6. The minimum absolute atomic E-state index is 0.229. The molecule has 0 aliphatic carbocycles. The van der Waals surface area contributed by atoms with Crippen molar-refractivity contribution in [3.05, 3.63) is 38.4 Å². The first-order valence-corrected chi connectivity index (χ1v) is 10.8. The van der Waals surface area contributed by atoms with Crippen LogP contribution >= 0.6 is 11.8 Å². The fraction of sp³-hybridized carbons (Fsp3) is 0.600. The summed E-state index contributed by atoms with van der Waals surface area (Å²) in [5.41, 5.74) is -1.14. The van der Waals surface area contributed by atoms with Crippen LogP contribution in [0.4, 0.5) is 11.4 Å². The van der Waals surface area contributed by atoms with Crippen molar-refractivity contribution in [1.82, 2.24) is 0 Å². The third kappa shape index (κ3) is 8.91. The number of carbonyl (C=O) groups excluding carboxylic acids is 1. The second kappa shape index (κ2) is 12.2. The number of hydrogen-bond acceptors (Lipinski definition) is 8. The quantitative estimate of drug-likeness (QED) is 0.190. The molecule has 2 unspecified atom stereocenters. The Morgan fingerprint density at radius 2 is 1.58 bits per heavy atom. The zero-order valence-corrected chi connectivity index (χ0v) is 18.8. The molecule has 0 aliphatic heterocycles. The van der Waals surface area contributed by atoms with Crippen molar-refractivity contribution in [3.8, 4) is 0 Å². The minimum atomic E-state index is -1.37. The number of nitro benzene ring substituents is 2. The molecule has 0 radical (unpaired) electrons. The molecule has 0 aromatic heterocycles. The van der Waals surface area contributed by atoms with E-state index in [1.54, 1.807) is 0 Å². The molecule has 0 saturated heterocycles. The predicted molar refractivity (Wildman–Crippen MR) is 115 cm³/mol. The van der Waals surface area contributed by atoms with Gasteiger partial charge in [-0.15, -0.1) is 0 Å². The van der Waals surface area contributed by atoms with E-state index >= 15 is 0 Å².